The second-order valence-corrected chi connectivity index (χ2v) is 6.61. The van der Waals surface area contributed by atoms with Crippen molar-refractivity contribution in [2.24, 2.45) is 0 Å². The second kappa shape index (κ2) is 10.1. The molecule has 1 atom stereocenters. The minimum absolute atomic E-state index is 0.265. The average Bonchev–Trinajstić information content (AvgIpc) is 2.59. The Morgan fingerprint density at radius 3 is 2.08 bits per heavy atom. The third-order valence-electron chi connectivity index (χ3n) is 4.22. The number of para-hydroxylation sites is 1. The first-order valence-electron chi connectivity index (χ1n) is 8.82. The molecule has 0 bridgehead atoms. The van der Waals surface area contributed by atoms with Gasteiger partial charge in [-0.2, -0.15) is 0 Å². The van der Waals surface area contributed by atoms with Gasteiger partial charge in [-0.1, -0.05) is 48.5 Å². The number of rotatable bonds is 10. The molecule has 1 N–H and O–H groups in total. The molecule has 0 aliphatic rings. The number of nitrogens with zero attached hydrogens (tertiary/aromatic N) is 2. The van der Waals surface area contributed by atoms with Gasteiger partial charge in [0.05, 0.1) is 6.10 Å². The lowest BCUT2D eigenvalue weighted by atomic mass is 10.0. The van der Waals surface area contributed by atoms with Gasteiger partial charge >= 0.3 is 0 Å². The topological polar surface area (TPSA) is 26.7 Å². The Hall–Kier alpha value is -1.84. The summed E-state index contributed by atoms with van der Waals surface area (Å²) in [5.74, 6) is 0. The first-order chi connectivity index (χ1) is 11.6. The Morgan fingerprint density at radius 2 is 1.46 bits per heavy atom. The van der Waals surface area contributed by atoms with Crippen molar-refractivity contribution in [1.82, 2.24) is 4.90 Å². The number of anilines is 1. The molecule has 0 heterocycles. The Bertz CT molecular complexity index is 557. The van der Waals surface area contributed by atoms with E-state index in [1.165, 1.54) is 11.3 Å². The smallest absolute Gasteiger partial charge is 0.0581 e. The highest BCUT2D eigenvalue weighted by Gasteiger charge is 2.09. The number of hydrogen-bond donors (Lipinski definition) is 1. The molecule has 0 fully saturated rings. The van der Waals surface area contributed by atoms with Crippen molar-refractivity contribution in [2.45, 2.75) is 25.4 Å². The average molecular weight is 326 g/mol. The molecule has 0 aliphatic carbocycles. The van der Waals surface area contributed by atoms with Crippen LogP contribution in [0.15, 0.2) is 60.7 Å². The van der Waals surface area contributed by atoms with Crippen LogP contribution in [0.1, 0.15) is 18.4 Å². The molecular weight excluding hydrogens is 296 g/mol. The third kappa shape index (κ3) is 6.73. The molecule has 24 heavy (non-hydrogen) atoms. The highest BCUT2D eigenvalue weighted by Crippen LogP contribution is 2.15. The zero-order chi connectivity index (χ0) is 17.2. The van der Waals surface area contributed by atoms with E-state index >= 15 is 0 Å². The Morgan fingerprint density at radius 1 is 0.833 bits per heavy atom. The fourth-order valence-electron chi connectivity index (χ4n) is 2.84. The number of aliphatic hydroxyl groups is 1. The fraction of sp³-hybridized carbons (Fsp3) is 0.429. The third-order valence-corrected chi connectivity index (χ3v) is 4.22. The summed E-state index contributed by atoms with van der Waals surface area (Å²) in [5, 5.41) is 10.3. The monoisotopic (exact) mass is 326 g/mol. The number of benzene rings is 2. The summed E-state index contributed by atoms with van der Waals surface area (Å²) in [6.07, 6.45) is 2.30. The molecule has 2 aromatic carbocycles. The van der Waals surface area contributed by atoms with Gasteiger partial charge in [-0.25, -0.2) is 0 Å². The van der Waals surface area contributed by atoms with E-state index in [2.05, 4.69) is 66.4 Å². The largest absolute Gasteiger partial charge is 0.393 e. The van der Waals surface area contributed by atoms with Crippen molar-refractivity contribution in [1.29, 1.82) is 0 Å². The van der Waals surface area contributed by atoms with Crippen molar-refractivity contribution >= 4 is 5.69 Å². The van der Waals surface area contributed by atoms with Gasteiger partial charge in [0, 0.05) is 25.3 Å². The molecule has 0 saturated heterocycles. The van der Waals surface area contributed by atoms with Crippen LogP contribution in [0, 0.1) is 0 Å². The molecule has 0 aliphatic heterocycles. The van der Waals surface area contributed by atoms with E-state index < -0.39 is 0 Å². The zero-order valence-corrected chi connectivity index (χ0v) is 14.9. The summed E-state index contributed by atoms with van der Waals surface area (Å²) in [4.78, 5) is 4.62. The minimum Gasteiger partial charge on any atom is -0.393 e. The highest BCUT2D eigenvalue weighted by atomic mass is 16.3. The van der Waals surface area contributed by atoms with Gasteiger partial charge < -0.3 is 14.9 Å². The Kier molecular flexibility index (Phi) is 7.80. The standard InChI is InChI=1S/C21H30N2O/c1-22(2)16-17-23(20-12-7-4-8-13-20)15-9-14-21(24)18-19-10-5-3-6-11-19/h3-8,10-13,21,24H,9,14-18H2,1-2H3. The maximum atomic E-state index is 10.3. The highest BCUT2D eigenvalue weighted by molar-refractivity contribution is 5.45. The number of hydrogen-bond acceptors (Lipinski definition) is 3. The normalized spacial score (nSPS) is 12.3. The van der Waals surface area contributed by atoms with E-state index in [4.69, 9.17) is 0 Å². The van der Waals surface area contributed by atoms with Crippen molar-refractivity contribution < 1.29 is 5.11 Å². The first-order valence-corrected chi connectivity index (χ1v) is 8.82. The maximum Gasteiger partial charge on any atom is 0.0581 e. The molecule has 0 radical (unpaired) electrons. The summed E-state index contributed by atoms with van der Waals surface area (Å²) in [6.45, 7) is 3.01. The van der Waals surface area contributed by atoms with Crippen molar-refractivity contribution in [3.8, 4) is 0 Å². The van der Waals surface area contributed by atoms with Crippen LogP contribution in [0.3, 0.4) is 0 Å². The number of likely N-dealkylation sites (N-methyl/N-ethyl adjacent to an activating group) is 1. The molecule has 3 heteroatoms. The summed E-state index contributed by atoms with van der Waals surface area (Å²) < 4.78 is 0. The van der Waals surface area contributed by atoms with Crippen LogP contribution in [0.4, 0.5) is 5.69 Å². The molecule has 0 aromatic heterocycles. The summed E-state index contributed by atoms with van der Waals surface area (Å²) >= 11 is 0. The van der Waals surface area contributed by atoms with Crippen molar-refractivity contribution in [3.63, 3.8) is 0 Å². The lowest BCUT2D eigenvalue weighted by molar-refractivity contribution is 0.162. The van der Waals surface area contributed by atoms with Gasteiger partial charge in [0.25, 0.3) is 0 Å². The molecule has 3 nitrogen and oxygen atoms in total. The maximum absolute atomic E-state index is 10.3. The number of aliphatic hydroxyl groups excluding tert-OH is 1. The van der Waals surface area contributed by atoms with Gasteiger partial charge in [0.2, 0.25) is 0 Å². The van der Waals surface area contributed by atoms with Gasteiger partial charge in [-0.15, -0.1) is 0 Å². The minimum atomic E-state index is -0.265. The molecule has 1 unspecified atom stereocenters. The summed E-state index contributed by atoms with van der Waals surface area (Å²) in [6, 6.07) is 20.8. The van der Waals surface area contributed by atoms with Crippen molar-refractivity contribution in [2.75, 3.05) is 38.6 Å². The van der Waals surface area contributed by atoms with Crippen LogP contribution in [-0.4, -0.2) is 49.8 Å². The quantitative estimate of drug-likeness (QED) is 0.724. The lowest BCUT2D eigenvalue weighted by Crippen LogP contribution is -2.33. The van der Waals surface area contributed by atoms with Crippen molar-refractivity contribution in [3.05, 3.63) is 66.2 Å². The summed E-state index contributed by atoms with van der Waals surface area (Å²) in [7, 11) is 4.21. The van der Waals surface area contributed by atoms with E-state index in [-0.39, 0.29) is 6.10 Å². The van der Waals surface area contributed by atoms with Crippen LogP contribution in [-0.2, 0) is 6.42 Å². The molecule has 130 valence electrons. The fourth-order valence-corrected chi connectivity index (χ4v) is 2.84. The van der Waals surface area contributed by atoms with E-state index in [1.54, 1.807) is 0 Å². The van der Waals surface area contributed by atoms with Gasteiger partial charge in [0.15, 0.2) is 0 Å². The van der Waals surface area contributed by atoms with E-state index in [0.717, 1.165) is 38.9 Å². The van der Waals surface area contributed by atoms with Crippen LogP contribution in [0.5, 0.6) is 0 Å². The van der Waals surface area contributed by atoms with Crippen LogP contribution < -0.4 is 4.90 Å². The Labute approximate surface area is 146 Å². The second-order valence-electron chi connectivity index (χ2n) is 6.61. The molecular formula is C21H30N2O. The lowest BCUT2D eigenvalue weighted by Gasteiger charge is -2.27. The molecule has 0 saturated carbocycles. The van der Waals surface area contributed by atoms with Crippen LogP contribution in [0.2, 0.25) is 0 Å². The predicted octanol–water partition coefficient (Wildman–Crippen LogP) is 3.44. The molecule has 0 spiro atoms. The van der Waals surface area contributed by atoms with E-state index in [1.807, 2.05) is 18.2 Å². The van der Waals surface area contributed by atoms with Crippen LogP contribution >= 0.6 is 0 Å². The van der Waals surface area contributed by atoms with Gasteiger partial charge in [-0.05, 0) is 51.1 Å². The van der Waals surface area contributed by atoms with Crippen LogP contribution in [0.25, 0.3) is 0 Å². The first kappa shape index (κ1) is 18.5. The zero-order valence-electron chi connectivity index (χ0n) is 14.9. The Balaban J connectivity index is 1.81. The molecule has 0 amide bonds. The van der Waals surface area contributed by atoms with E-state index in [0.29, 0.717) is 0 Å². The SMILES string of the molecule is CN(C)CCN(CCCC(O)Cc1ccccc1)c1ccccc1. The summed E-state index contributed by atoms with van der Waals surface area (Å²) in [5.41, 5.74) is 2.47. The van der Waals surface area contributed by atoms with Gasteiger partial charge in [0.1, 0.15) is 0 Å². The molecule has 2 rings (SSSR count). The van der Waals surface area contributed by atoms with Gasteiger partial charge in [-0.3, -0.25) is 0 Å². The molecule has 2 aromatic rings. The predicted molar refractivity (Wildman–Crippen MR) is 103 cm³/mol. The van der Waals surface area contributed by atoms with E-state index in [9.17, 15) is 5.11 Å².